The van der Waals surface area contributed by atoms with E-state index in [2.05, 4.69) is 15.4 Å². The number of hydrogen-bond acceptors (Lipinski definition) is 4. The second kappa shape index (κ2) is 10.0. The molecule has 1 aromatic heterocycles. The molecule has 1 amide bonds. The van der Waals surface area contributed by atoms with Crippen LogP contribution >= 0.6 is 0 Å². The van der Waals surface area contributed by atoms with Crippen LogP contribution < -0.4 is 5.32 Å². The maximum Gasteiger partial charge on any atom is 0.410 e. The average molecular weight is 367 g/mol. The van der Waals surface area contributed by atoms with Crippen molar-refractivity contribution in [3.05, 3.63) is 18.0 Å². The number of guanidine groups is 1. The van der Waals surface area contributed by atoms with Crippen LogP contribution in [0.4, 0.5) is 4.79 Å². The van der Waals surface area contributed by atoms with Crippen LogP contribution in [0.1, 0.15) is 39.7 Å². The fraction of sp³-hybridized carbons (Fsp3) is 0.722. The van der Waals surface area contributed by atoms with E-state index in [1.807, 2.05) is 59.1 Å². The first-order chi connectivity index (χ1) is 12.2. The minimum absolute atomic E-state index is 0.278. The summed E-state index contributed by atoms with van der Waals surface area (Å²) in [6.45, 7) is 10.2. The molecule has 1 rings (SSSR count). The molecule has 0 radical (unpaired) electrons. The molecule has 0 unspecified atom stereocenters. The molecule has 0 fully saturated rings. The van der Waals surface area contributed by atoms with E-state index in [0.29, 0.717) is 26.2 Å². The summed E-state index contributed by atoms with van der Waals surface area (Å²) in [5, 5.41) is 7.48. The predicted molar refractivity (Wildman–Crippen MR) is 104 cm³/mol. The van der Waals surface area contributed by atoms with Crippen LogP contribution in [-0.2, 0) is 18.3 Å². The quantitative estimate of drug-likeness (QED) is 0.591. The first kappa shape index (κ1) is 21.8. The molecule has 0 bridgehead atoms. The predicted octanol–water partition coefficient (Wildman–Crippen LogP) is 2.07. The molecule has 8 heteroatoms. The summed E-state index contributed by atoms with van der Waals surface area (Å²) in [6, 6.07) is 0. The molecule has 0 aliphatic rings. The zero-order chi connectivity index (χ0) is 19.7. The highest BCUT2D eigenvalue weighted by Gasteiger charge is 2.21. The number of nitrogens with one attached hydrogen (secondary N) is 1. The topological polar surface area (TPSA) is 75.0 Å². The third-order valence-electron chi connectivity index (χ3n) is 3.56. The Morgan fingerprint density at radius 3 is 2.58 bits per heavy atom. The molecule has 1 aromatic rings. The summed E-state index contributed by atoms with van der Waals surface area (Å²) in [6.07, 6.45) is 4.43. The van der Waals surface area contributed by atoms with E-state index in [1.54, 1.807) is 16.6 Å². The van der Waals surface area contributed by atoms with Gasteiger partial charge in [-0.1, -0.05) is 6.92 Å². The lowest BCUT2D eigenvalue weighted by molar-refractivity contribution is 0.0253. The van der Waals surface area contributed by atoms with E-state index in [1.165, 1.54) is 0 Å². The monoisotopic (exact) mass is 366 g/mol. The van der Waals surface area contributed by atoms with Gasteiger partial charge in [0, 0.05) is 59.1 Å². The van der Waals surface area contributed by atoms with Gasteiger partial charge in [0.1, 0.15) is 5.60 Å². The van der Waals surface area contributed by atoms with Gasteiger partial charge in [-0.2, -0.15) is 5.10 Å². The van der Waals surface area contributed by atoms with Crippen molar-refractivity contribution >= 4 is 12.1 Å². The number of hydrogen-bond donors (Lipinski definition) is 1. The number of aliphatic imine (C=N–C) groups is 1. The van der Waals surface area contributed by atoms with Crippen LogP contribution in [0.3, 0.4) is 0 Å². The van der Waals surface area contributed by atoms with Crippen LogP contribution in [0, 0.1) is 0 Å². The third-order valence-corrected chi connectivity index (χ3v) is 3.56. The molecule has 0 aromatic carbocycles. The molecular weight excluding hydrogens is 332 g/mol. The smallest absolute Gasteiger partial charge is 0.410 e. The van der Waals surface area contributed by atoms with Gasteiger partial charge in [0.05, 0.1) is 6.20 Å². The molecule has 0 atom stereocenters. The number of carbonyl (C=O) groups excluding carboxylic acids is 1. The minimum Gasteiger partial charge on any atom is -0.444 e. The highest BCUT2D eigenvalue weighted by molar-refractivity contribution is 5.79. The zero-order valence-electron chi connectivity index (χ0n) is 17.2. The van der Waals surface area contributed by atoms with Crippen molar-refractivity contribution in [3.8, 4) is 0 Å². The summed E-state index contributed by atoms with van der Waals surface area (Å²) in [4.78, 5) is 20.4. The first-order valence-corrected chi connectivity index (χ1v) is 9.03. The molecule has 148 valence electrons. The van der Waals surface area contributed by atoms with E-state index in [9.17, 15) is 4.79 Å². The van der Waals surface area contributed by atoms with E-state index in [0.717, 1.165) is 17.9 Å². The van der Waals surface area contributed by atoms with Crippen molar-refractivity contribution in [1.29, 1.82) is 0 Å². The van der Waals surface area contributed by atoms with Crippen molar-refractivity contribution in [2.24, 2.45) is 12.0 Å². The average Bonchev–Trinajstić information content (AvgIpc) is 2.93. The van der Waals surface area contributed by atoms with Gasteiger partial charge in [0.15, 0.2) is 5.96 Å². The van der Waals surface area contributed by atoms with Crippen LogP contribution in [0.15, 0.2) is 17.4 Å². The lowest BCUT2D eigenvalue weighted by atomic mass is 10.2. The summed E-state index contributed by atoms with van der Waals surface area (Å²) >= 11 is 0. The zero-order valence-corrected chi connectivity index (χ0v) is 17.2. The minimum atomic E-state index is -0.490. The Bertz CT molecular complexity index is 591. The molecule has 1 heterocycles. The lowest BCUT2D eigenvalue weighted by Crippen LogP contribution is -2.44. The van der Waals surface area contributed by atoms with Crippen molar-refractivity contribution in [2.75, 3.05) is 33.7 Å². The number of aromatic nitrogens is 2. The maximum absolute atomic E-state index is 12.3. The highest BCUT2D eigenvalue weighted by atomic mass is 16.6. The number of nitrogens with zero attached hydrogens (tertiary/aromatic N) is 5. The largest absolute Gasteiger partial charge is 0.444 e. The summed E-state index contributed by atoms with van der Waals surface area (Å²) < 4.78 is 7.25. The van der Waals surface area contributed by atoms with Gasteiger partial charge in [-0.25, -0.2) is 4.79 Å². The normalized spacial score (nSPS) is 12.0. The van der Waals surface area contributed by atoms with Crippen LogP contribution in [0.5, 0.6) is 0 Å². The Kier molecular flexibility index (Phi) is 8.41. The fourth-order valence-corrected chi connectivity index (χ4v) is 2.48. The number of ether oxygens (including phenoxy) is 1. The van der Waals surface area contributed by atoms with Crippen LogP contribution in [0.25, 0.3) is 0 Å². The Balaban J connectivity index is 2.53. The van der Waals surface area contributed by atoms with Gasteiger partial charge in [0.2, 0.25) is 0 Å². The van der Waals surface area contributed by atoms with Gasteiger partial charge in [-0.3, -0.25) is 9.67 Å². The van der Waals surface area contributed by atoms with Crippen LogP contribution in [-0.4, -0.2) is 71.0 Å². The number of aryl methyl sites for hydroxylation is 1. The molecule has 0 aliphatic heterocycles. The molecule has 0 spiro atoms. The standard InChI is InChI=1S/C18H34N6O2/c1-8-10-24(17(25)26-18(2,3)4)11-9-20-16(19-5)22(6)13-15-12-21-23(7)14-15/h12,14H,8-11,13H2,1-7H3,(H,19,20). The van der Waals surface area contributed by atoms with Gasteiger partial charge >= 0.3 is 6.09 Å². The number of carbonyl (C=O) groups is 1. The summed E-state index contributed by atoms with van der Waals surface area (Å²) in [5.41, 5.74) is 0.621. The summed E-state index contributed by atoms with van der Waals surface area (Å²) in [5.74, 6) is 0.773. The third kappa shape index (κ3) is 7.76. The lowest BCUT2D eigenvalue weighted by Gasteiger charge is -2.28. The molecule has 26 heavy (non-hydrogen) atoms. The molecule has 0 aliphatic carbocycles. The molecular formula is C18H34N6O2. The second-order valence-electron chi connectivity index (χ2n) is 7.32. The first-order valence-electron chi connectivity index (χ1n) is 9.03. The van der Waals surface area contributed by atoms with Gasteiger partial charge in [0.25, 0.3) is 0 Å². The van der Waals surface area contributed by atoms with E-state index < -0.39 is 5.60 Å². The van der Waals surface area contributed by atoms with Gasteiger partial charge in [-0.05, 0) is 27.2 Å². The number of rotatable bonds is 7. The van der Waals surface area contributed by atoms with E-state index in [-0.39, 0.29) is 6.09 Å². The fourth-order valence-electron chi connectivity index (χ4n) is 2.48. The Morgan fingerprint density at radius 2 is 2.08 bits per heavy atom. The number of amides is 1. The van der Waals surface area contributed by atoms with Crippen molar-refractivity contribution in [2.45, 2.75) is 46.3 Å². The highest BCUT2D eigenvalue weighted by Crippen LogP contribution is 2.10. The Hall–Kier alpha value is -2.25. The molecule has 8 nitrogen and oxygen atoms in total. The van der Waals surface area contributed by atoms with E-state index in [4.69, 9.17) is 4.74 Å². The molecule has 0 saturated heterocycles. The van der Waals surface area contributed by atoms with Gasteiger partial charge in [-0.15, -0.1) is 0 Å². The Labute approximate surface area is 157 Å². The maximum atomic E-state index is 12.3. The van der Waals surface area contributed by atoms with Crippen LogP contribution in [0.2, 0.25) is 0 Å². The summed E-state index contributed by atoms with van der Waals surface area (Å²) in [7, 11) is 5.62. The SMILES string of the molecule is CCCN(CCNC(=NC)N(C)Cc1cnn(C)c1)C(=O)OC(C)(C)C. The van der Waals surface area contributed by atoms with Crippen molar-refractivity contribution in [3.63, 3.8) is 0 Å². The van der Waals surface area contributed by atoms with Crippen molar-refractivity contribution < 1.29 is 9.53 Å². The Morgan fingerprint density at radius 1 is 1.38 bits per heavy atom. The second-order valence-corrected chi connectivity index (χ2v) is 7.32. The molecule has 0 saturated carbocycles. The van der Waals surface area contributed by atoms with Gasteiger partial charge < -0.3 is 19.9 Å². The molecule has 1 N–H and O–H groups in total. The van der Waals surface area contributed by atoms with E-state index >= 15 is 0 Å². The van der Waals surface area contributed by atoms with Crippen molar-refractivity contribution in [1.82, 2.24) is 24.9 Å².